The molecule has 0 saturated carbocycles. The Morgan fingerprint density at radius 2 is 2.32 bits per heavy atom. The average Bonchev–Trinajstić information content (AvgIpc) is 2.42. The van der Waals surface area contributed by atoms with E-state index < -0.39 is 12.5 Å². The van der Waals surface area contributed by atoms with Gasteiger partial charge in [-0.25, -0.2) is 4.39 Å². The molecule has 0 aliphatic carbocycles. The maximum atomic E-state index is 14.2. The first-order valence-electron chi connectivity index (χ1n) is 5.98. The molecule has 102 valence electrons. The first kappa shape index (κ1) is 14.2. The number of rotatable bonds is 3. The SMILES string of the molecule is N#Cc1ccc(N2CCOC(CCF)C2)c(F)c1Br. The summed E-state index contributed by atoms with van der Waals surface area (Å²) in [7, 11) is 0. The van der Waals surface area contributed by atoms with Gasteiger partial charge in [-0.1, -0.05) is 0 Å². The van der Waals surface area contributed by atoms with Crippen molar-refractivity contribution in [3.05, 3.63) is 28.0 Å². The van der Waals surface area contributed by atoms with E-state index in [0.29, 0.717) is 31.8 Å². The minimum atomic E-state index is -0.458. The van der Waals surface area contributed by atoms with Gasteiger partial charge < -0.3 is 9.64 Å². The molecule has 1 aromatic carbocycles. The molecule has 1 heterocycles. The Morgan fingerprint density at radius 1 is 1.53 bits per heavy atom. The van der Waals surface area contributed by atoms with Crippen LogP contribution in [0, 0.1) is 17.1 Å². The Morgan fingerprint density at radius 3 is 3.00 bits per heavy atom. The molecule has 0 N–H and O–H groups in total. The Hall–Kier alpha value is -1.19. The van der Waals surface area contributed by atoms with Gasteiger partial charge in [0.2, 0.25) is 0 Å². The molecular weight excluding hydrogens is 318 g/mol. The van der Waals surface area contributed by atoms with E-state index in [2.05, 4.69) is 15.9 Å². The van der Waals surface area contributed by atoms with E-state index >= 15 is 0 Å². The average molecular weight is 331 g/mol. The van der Waals surface area contributed by atoms with Crippen LogP contribution in [0.2, 0.25) is 0 Å². The molecule has 3 nitrogen and oxygen atoms in total. The summed E-state index contributed by atoms with van der Waals surface area (Å²) in [4.78, 5) is 1.82. The van der Waals surface area contributed by atoms with Crippen molar-refractivity contribution in [2.45, 2.75) is 12.5 Å². The first-order chi connectivity index (χ1) is 9.17. The monoisotopic (exact) mass is 330 g/mol. The Balaban J connectivity index is 2.22. The summed E-state index contributed by atoms with van der Waals surface area (Å²) >= 11 is 3.09. The lowest BCUT2D eigenvalue weighted by Crippen LogP contribution is -2.43. The van der Waals surface area contributed by atoms with Crippen LogP contribution in [0.1, 0.15) is 12.0 Å². The van der Waals surface area contributed by atoms with Crippen molar-refractivity contribution in [1.82, 2.24) is 0 Å². The topological polar surface area (TPSA) is 36.3 Å². The van der Waals surface area contributed by atoms with E-state index in [1.165, 1.54) is 0 Å². The number of hydrogen-bond donors (Lipinski definition) is 0. The Labute approximate surface area is 118 Å². The maximum Gasteiger partial charge on any atom is 0.161 e. The summed E-state index contributed by atoms with van der Waals surface area (Å²) in [5, 5.41) is 8.83. The van der Waals surface area contributed by atoms with Gasteiger partial charge in [-0.05, 0) is 28.1 Å². The highest BCUT2D eigenvalue weighted by atomic mass is 79.9. The van der Waals surface area contributed by atoms with Gasteiger partial charge in [-0.15, -0.1) is 0 Å². The van der Waals surface area contributed by atoms with Crippen LogP contribution in [-0.4, -0.2) is 32.5 Å². The number of nitriles is 1. The number of benzene rings is 1. The number of alkyl halides is 1. The molecule has 0 spiro atoms. The zero-order valence-corrected chi connectivity index (χ0v) is 11.8. The first-order valence-corrected chi connectivity index (χ1v) is 6.77. The molecular formula is C13H13BrF2N2O. The van der Waals surface area contributed by atoms with Gasteiger partial charge in [0, 0.05) is 19.5 Å². The minimum absolute atomic E-state index is 0.168. The highest BCUT2D eigenvalue weighted by Crippen LogP contribution is 2.30. The smallest absolute Gasteiger partial charge is 0.161 e. The lowest BCUT2D eigenvalue weighted by molar-refractivity contribution is 0.0310. The van der Waals surface area contributed by atoms with Crippen LogP contribution in [0.3, 0.4) is 0 Å². The van der Waals surface area contributed by atoms with Crippen molar-refractivity contribution in [3.8, 4) is 6.07 Å². The summed E-state index contributed by atoms with van der Waals surface area (Å²) < 4.78 is 32.1. The third-order valence-corrected chi connectivity index (χ3v) is 3.87. The quantitative estimate of drug-likeness (QED) is 0.854. The molecule has 1 unspecified atom stereocenters. The molecule has 19 heavy (non-hydrogen) atoms. The number of anilines is 1. The molecule has 0 radical (unpaired) electrons. The van der Waals surface area contributed by atoms with Crippen molar-refractivity contribution in [2.24, 2.45) is 0 Å². The summed E-state index contributed by atoms with van der Waals surface area (Å²) in [5.41, 5.74) is 0.674. The number of morpholine rings is 1. The lowest BCUT2D eigenvalue weighted by atomic mass is 10.1. The number of hydrogen-bond acceptors (Lipinski definition) is 3. The van der Waals surface area contributed by atoms with Crippen LogP contribution in [0.15, 0.2) is 16.6 Å². The van der Waals surface area contributed by atoms with Crippen LogP contribution >= 0.6 is 15.9 Å². The molecule has 0 aromatic heterocycles. The van der Waals surface area contributed by atoms with Gasteiger partial charge in [0.1, 0.15) is 6.07 Å². The second-order valence-corrected chi connectivity index (χ2v) is 5.08. The molecule has 6 heteroatoms. The summed E-state index contributed by atoms with van der Waals surface area (Å²) in [6.45, 7) is 1.01. The van der Waals surface area contributed by atoms with Gasteiger partial charge in [0.15, 0.2) is 5.82 Å². The third-order valence-electron chi connectivity index (χ3n) is 3.09. The molecule has 1 atom stereocenters. The summed E-state index contributed by atoms with van der Waals surface area (Å²) in [6.07, 6.45) is 0.0998. The standard InChI is InChI=1S/C13H13BrF2N2O/c14-12-9(7-17)1-2-11(13(12)16)18-5-6-19-10(8-18)3-4-15/h1-2,10H,3-6,8H2. The largest absolute Gasteiger partial charge is 0.374 e. The van der Waals surface area contributed by atoms with Crippen molar-refractivity contribution in [2.75, 3.05) is 31.3 Å². The molecule has 1 aromatic rings. The second kappa shape index (κ2) is 6.31. The third kappa shape index (κ3) is 3.04. The fraction of sp³-hybridized carbons (Fsp3) is 0.462. The summed E-state index contributed by atoms with van der Waals surface area (Å²) in [5.74, 6) is -0.458. The molecule has 1 aliphatic rings. The zero-order valence-electron chi connectivity index (χ0n) is 10.2. The van der Waals surface area contributed by atoms with E-state index in [-0.39, 0.29) is 16.1 Å². The molecule has 1 fully saturated rings. The lowest BCUT2D eigenvalue weighted by Gasteiger charge is -2.34. The predicted molar refractivity (Wildman–Crippen MR) is 71.4 cm³/mol. The maximum absolute atomic E-state index is 14.2. The Bertz CT molecular complexity index is 502. The van der Waals surface area contributed by atoms with E-state index in [1.807, 2.05) is 11.0 Å². The number of nitrogens with zero attached hydrogens (tertiary/aromatic N) is 2. The number of halogens is 3. The van der Waals surface area contributed by atoms with Crippen molar-refractivity contribution < 1.29 is 13.5 Å². The van der Waals surface area contributed by atoms with Gasteiger partial charge in [-0.3, -0.25) is 4.39 Å². The Kier molecular flexibility index (Phi) is 4.72. The highest BCUT2D eigenvalue weighted by molar-refractivity contribution is 9.10. The van der Waals surface area contributed by atoms with Crippen LogP contribution in [0.4, 0.5) is 14.5 Å². The van der Waals surface area contributed by atoms with E-state index in [9.17, 15) is 8.78 Å². The molecule has 2 rings (SSSR count). The van der Waals surface area contributed by atoms with E-state index in [4.69, 9.17) is 10.00 Å². The van der Waals surface area contributed by atoms with Crippen LogP contribution in [0.25, 0.3) is 0 Å². The fourth-order valence-corrected chi connectivity index (χ4v) is 2.53. The van der Waals surface area contributed by atoms with Crippen LogP contribution < -0.4 is 4.90 Å². The van der Waals surface area contributed by atoms with Crippen LogP contribution in [0.5, 0.6) is 0 Å². The number of ether oxygens (including phenoxy) is 1. The van der Waals surface area contributed by atoms with Gasteiger partial charge in [0.05, 0.1) is 35.1 Å². The zero-order chi connectivity index (χ0) is 13.8. The molecule has 1 aliphatic heterocycles. The van der Waals surface area contributed by atoms with Gasteiger partial charge in [0.25, 0.3) is 0 Å². The molecule has 0 bridgehead atoms. The second-order valence-electron chi connectivity index (χ2n) is 4.29. The summed E-state index contributed by atoms with van der Waals surface area (Å²) in [6, 6.07) is 5.07. The van der Waals surface area contributed by atoms with Gasteiger partial charge >= 0.3 is 0 Å². The predicted octanol–water partition coefficient (Wildman–Crippen LogP) is 3.02. The van der Waals surface area contributed by atoms with E-state index in [1.54, 1.807) is 12.1 Å². The fourth-order valence-electron chi connectivity index (χ4n) is 2.10. The van der Waals surface area contributed by atoms with Crippen molar-refractivity contribution >= 4 is 21.6 Å². The normalized spacial score (nSPS) is 19.3. The van der Waals surface area contributed by atoms with Crippen molar-refractivity contribution in [1.29, 1.82) is 5.26 Å². The van der Waals surface area contributed by atoms with Gasteiger partial charge in [-0.2, -0.15) is 5.26 Å². The molecule has 1 saturated heterocycles. The highest BCUT2D eigenvalue weighted by Gasteiger charge is 2.24. The molecule has 0 amide bonds. The van der Waals surface area contributed by atoms with E-state index in [0.717, 1.165) is 0 Å². The van der Waals surface area contributed by atoms with Crippen LogP contribution in [-0.2, 0) is 4.74 Å². The minimum Gasteiger partial charge on any atom is -0.374 e. The van der Waals surface area contributed by atoms with Crippen molar-refractivity contribution in [3.63, 3.8) is 0 Å².